The molecule has 3 aromatic rings. The summed E-state index contributed by atoms with van der Waals surface area (Å²) in [5, 5.41) is 6.52. The van der Waals surface area contributed by atoms with Gasteiger partial charge in [-0.1, -0.05) is 0 Å². The van der Waals surface area contributed by atoms with Gasteiger partial charge >= 0.3 is 6.18 Å². The smallest absolute Gasteiger partial charge is 0.306 e. The Morgan fingerprint density at radius 1 is 1.22 bits per heavy atom. The van der Waals surface area contributed by atoms with Gasteiger partial charge in [0.15, 0.2) is 0 Å². The number of aryl methyl sites for hydroxylation is 1. The molecule has 2 heterocycles. The van der Waals surface area contributed by atoms with E-state index in [0.717, 1.165) is 24.3 Å². The SMILES string of the molecule is Cc1cc(NC(=O)c2ccc(C(F)(F)F)cc2)n2ncnc2n1. The van der Waals surface area contributed by atoms with Crippen LogP contribution in [0.2, 0.25) is 0 Å². The molecule has 2 aromatic heterocycles. The number of amides is 1. The summed E-state index contributed by atoms with van der Waals surface area (Å²) >= 11 is 0. The molecule has 0 aliphatic rings. The highest BCUT2D eigenvalue weighted by molar-refractivity contribution is 6.03. The number of anilines is 1. The highest BCUT2D eigenvalue weighted by Gasteiger charge is 2.30. The highest BCUT2D eigenvalue weighted by Crippen LogP contribution is 2.29. The van der Waals surface area contributed by atoms with Crippen molar-refractivity contribution in [3.63, 3.8) is 0 Å². The Kier molecular flexibility index (Phi) is 3.47. The molecule has 1 aromatic carbocycles. The van der Waals surface area contributed by atoms with Crippen LogP contribution in [-0.2, 0) is 6.18 Å². The van der Waals surface area contributed by atoms with Crippen molar-refractivity contribution in [2.24, 2.45) is 0 Å². The van der Waals surface area contributed by atoms with Gasteiger partial charge in [0.25, 0.3) is 11.7 Å². The molecule has 0 radical (unpaired) electrons. The molecule has 23 heavy (non-hydrogen) atoms. The number of carbonyl (C=O) groups is 1. The number of nitrogens with zero attached hydrogens (tertiary/aromatic N) is 4. The third kappa shape index (κ3) is 2.98. The maximum Gasteiger partial charge on any atom is 0.416 e. The van der Waals surface area contributed by atoms with E-state index in [-0.39, 0.29) is 5.56 Å². The molecule has 0 atom stereocenters. The second-order valence-electron chi connectivity index (χ2n) is 4.78. The van der Waals surface area contributed by atoms with Gasteiger partial charge in [-0.25, -0.2) is 4.98 Å². The monoisotopic (exact) mass is 321 g/mol. The van der Waals surface area contributed by atoms with Gasteiger partial charge in [0, 0.05) is 17.3 Å². The fourth-order valence-electron chi connectivity index (χ4n) is 2.02. The maximum atomic E-state index is 12.5. The Morgan fingerprint density at radius 2 is 1.91 bits per heavy atom. The lowest BCUT2D eigenvalue weighted by Crippen LogP contribution is -2.16. The average molecular weight is 321 g/mol. The minimum atomic E-state index is -4.44. The van der Waals surface area contributed by atoms with E-state index in [9.17, 15) is 18.0 Å². The molecule has 0 aliphatic carbocycles. The first-order valence-electron chi connectivity index (χ1n) is 6.50. The van der Waals surface area contributed by atoms with E-state index in [1.165, 1.54) is 10.8 Å². The molecule has 9 heteroatoms. The standard InChI is InChI=1S/C14H10F3N5O/c1-8-6-11(22-13(20-8)18-7-19-22)21-12(23)9-2-4-10(5-3-9)14(15,16)17/h2-7H,1H3,(H,21,23). The van der Waals surface area contributed by atoms with Crippen LogP contribution in [0.5, 0.6) is 0 Å². The van der Waals surface area contributed by atoms with Crippen molar-refractivity contribution >= 4 is 17.5 Å². The van der Waals surface area contributed by atoms with E-state index in [1.807, 2.05) is 0 Å². The number of benzene rings is 1. The van der Waals surface area contributed by atoms with Gasteiger partial charge < -0.3 is 5.32 Å². The minimum absolute atomic E-state index is 0.0979. The van der Waals surface area contributed by atoms with Gasteiger partial charge in [-0.15, -0.1) is 0 Å². The summed E-state index contributed by atoms with van der Waals surface area (Å²) in [5.74, 6) is 0.0868. The van der Waals surface area contributed by atoms with E-state index in [0.29, 0.717) is 17.3 Å². The van der Waals surface area contributed by atoms with Crippen molar-refractivity contribution in [3.8, 4) is 0 Å². The number of fused-ring (bicyclic) bond motifs is 1. The van der Waals surface area contributed by atoms with Crippen LogP contribution in [-0.4, -0.2) is 25.5 Å². The number of rotatable bonds is 2. The molecule has 1 N–H and O–H groups in total. The number of carbonyl (C=O) groups excluding carboxylic acids is 1. The Balaban J connectivity index is 1.87. The summed E-state index contributed by atoms with van der Waals surface area (Å²) in [6, 6.07) is 5.54. The second kappa shape index (κ2) is 5.34. The number of nitrogens with one attached hydrogen (secondary N) is 1. The molecule has 0 unspecified atom stereocenters. The number of hydrogen-bond acceptors (Lipinski definition) is 4. The topological polar surface area (TPSA) is 72.2 Å². The largest absolute Gasteiger partial charge is 0.416 e. The van der Waals surface area contributed by atoms with Gasteiger partial charge in [-0.3, -0.25) is 4.79 Å². The fraction of sp³-hybridized carbons (Fsp3) is 0.143. The van der Waals surface area contributed by atoms with E-state index in [2.05, 4.69) is 20.4 Å². The molecular formula is C14H10F3N5O. The molecule has 6 nitrogen and oxygen atoms in total. The van der Waals surface area contributed by atoms with E-state index in [1.54, 1.807) is 13.0 Å². The maximum absolute atomic E-state index is 12.5. The molecular weight excluding hydrogens is 311 g/mol. The lowest BCUT2D eigenvalue weighted by Gasteiger charge is -2.09. The Hall–Kier alpha value is -2.97. The number of hydrogen-bond donors (Lipinski definition) is 1. The second-order valence-corrected chi connectivity index (χ2v) is 4.78. The summed E-state index contributed by atoms with van der Waals surface area (Å²) in [5.41, 5.74) is -0.0959. The zero-order valence-electron chi connectivity index (χ0n) is 11.8. The zero-order chi connectivity index (χ0) is 16.6. The molecule has 0 bridgehead atoms. The Morgan fingerprint density at radius 3 is 2.57 bits per heavy atom. The fourth-order valence-corrected chi connectivity index (χ4v) is 2.02. The van der Waals surface area contributed by atoms with E-state index < -0.39 is 17.6 Å². The minimum Gasteiger partial charge on any atom is -0.306 e. The van der Waals surface area contributed by atoms with Gasteiger partial charge in [0.2, 0.25) is 0 Å². The van der Waals surface area contributed by atoms with Crippen LogP contribution in [0.1, 0.15) is 21.6 Å². The first-order valence-corrected chi connectivity index (χ1v) is 6.50. The summed E-state index contributed by atoms with van der Waals surface area (Å²) in [7, 11) is 0. The van der Waals surface area contributed by atoms with Gasteiger partial charge in [-0.2, -0.15) is 27.8 Å². The molecule has 118 valence electrons. The Labute approximate surface area is 128 Å². The van der Waals surface area contributed by atoms with Crippen molar-refractivity contribution in [2.45, 2.75) is 13.1 Å². The predicted octanol–water partition coefficient (Wildman–Crippen LogP) is 2.70. The predicted molar refractivity (Wildman–Crippen MR) is 74.9 cm³/mol. The molecule has 0 spiro atoms. The molecule has 0 aliphatic heterocycles. The van der Waals surface area contributed by atoms with Gasteiger partial charge in [-0.05, 0) is 31.2 Å². The van der Waals surface area contributed by atoms with Crippen molar-refractivity contribution < 1.29 is 18.0 Å². The first-order chi connectivity index (χ1) is 10.8. The number of halogens is 3. The molecule has 0 saturated carbocycles. The van der Waals surface area contributed by atoms with Crippen molar-refractivity contribution in [1.82, 2.24) is 19.6 Å². The van der Waals surface area contributed by atoms with Crippen LogP contribution in [0.25, 0.3) is 5.78 Å². The van der Waals surface area contributed by atoms with Crippen LogP contribution in [0, 0.1) is 6.92 Å². The summed E-state index contributed by atoms with van der Waals surface area (Å²) in [4.78, 5) is 20.2. The van der Waals surface area contributed by atoms with Crippen LogP contribution in [0.15, 0.2) is 36.7 Å². The molecule has 0 fully saturated rings. The van der Waals surface area contributed by atoms with E-state index >= 15 is 0 Å². The summed E-state index contributed by atoms with van der Waals surface area (Å²) in [6.07, 6.45) is -3.15. The van der Waals surface area contributed by atoms with Crippen LogP contribution < -0.4 is 5.32 Å². The number of aromatic nitrogens is 4. The van der Waals surface area contributed by atoms with Gasteiger partial charge in [0.1, 0.15) is 12.1 Å². The first kappa shape index (κ1) is 14.9. The molecule has 0 saturated heterocycles. The normalized spacial score (nSPS) is 11.7. The third-order valence-electron chi connectivity index (χ3n) is 3.10. The summed E-state index contributed by atoms with van der Waals surface area (Å²) < 4.78 is 38.9. The van der Waals surface area contributed by atoms with Crippen LogP contribution in [0.3, 0.4) is 0 Å². The highest BCUT2D eigenvalue weighted by atomic mass is 19.4. The van der Waals surface area contributed by atoms with Crippen LogP contribution in [0.4, 0.5) is 19.0 Å². The van der Waals surface area contributed by atoms with Crippen molar-refractivity contribution in [3.05, 3.63) is 53.5 Å². The zero-order valence-corrected chi connectivity index (χ0v) is 11.8. The van der Waals surface area contributed by atoms with Crippen molar-refractivity contribution in [1.29, 1.82) is 0 Å². The average Bonchev–Trinajstić information content (AvgIpc) is 2.94. The third-order valence-corrected chi connectivity index (χ3v) is 3.10. The van der Waals surface area contributed by atoms with Crippen molar-refractivity contribution in [2.75, 3.05) is 5.32 Å². The lowest BCUT2D eigenvalue weighted by molar-refractivity contribution is -0.137. The van der Waals surface area contributed by atoms with Crippen LogP contribution >= 0.6 is 0 Å². The van der Waals surface area contributed by atoms with Gasteiger partial charge in [0.05, 0.1) is 5.56 Å². The molecule has 3 rings (SSSR count). The Bertz CT molecular complexity index is 870. The lowest BCUT2D eigenvalue weighted by atomic mass is 10.1. The molecule has 1 amide bonds. The summed E-state index contributed by atoms with van der Waals surface area (Å²) in [6.45, 7) is 1.72. The quantitative estimate of drug-likeness (QED) is 0.788. The number of alkyl halides is 3. The van der Waals surface area contributed by atoms with E-state index in [4.69, 9.17) is 0 Å².